The van der Waals surface area contributed by atoms with Crippen LogP contribution < -0.4 is 19.5 Å². The van der Waals surface area contributed by atoms with E-state index < -0.39 is 12.1 Å². The molecule has 0 unspecified atom stereocenters. The van der Waals surface area contributed by atoms with Crippen molar-refractivity contribution >= 4 is 11.6 Å². The minimum absolute atomic E-state index is 0.113. The van der Waals surface area contributed by atoms with Crippen LogP contribution >= 0.6 is 0 Å². The summed E-state index contributed by atoms with van der Waals surface area (Å²) in [5.74, 6) is -0.475. The molecule has 0 bridgehead atoms. The summed E-state index contributed by atoms with van der Waals surface area (Å²) in [5, 5.41) is 14.1. The van der Waals surface area contributed by atoms with Crippen molar-refractivity contribution in [1.29, 1.82) is 0 Å². The highest BCUT2D eigenvalue weighted by molar-refractivity contribution is 5.81. The van der Waals surface area contributed by atoms with Gasteiger partial charge in [0.15, 0.2) is 11.5 Å². The number of methoxy groups -OCH3 is 2. The number of rotatable bonds is 7. The lowest BCUT2D eigenvalue weighted by Crippen LogP contribution is -2.38. The molecule has 0 aliphatic heterocycles. The fourth-order valence-electron chi connectivity index (χ4n) is 2.43. The second-order valence-corrected chi connectivity index (χ2v) is 5.63. The molecule has 3 rings (SSSR count). The monoisotopic (exact) mass is 411 g/mol. The second kappa shape index (κ2) is 8.20. The molecule has 0 aliphatic carbocycles. The lowest BCUT2D eigenvalue weighted by molar-refractivity contribution is -0.173. The van der Waals surface area contributed by atoms with Gasteiger partial charge in [-0.15, -0.1) is 15.3 Å². The molecule has 3 aromatic rings. The number of hydrogen-bond donors (Lipinski definition) is 1. The van der Waals surface area contributed by atoms with Crippen molar-refractivity contribution in [1.82, 2.24) is 25.1 Å². The molecule has 0 spiro atoms. The molecule has 0 saturated carbocycles. The fraction of sp³-hybridized carbons (Fsp3) is 0.294. The highest BCUT2D eigenvalue weighted by Gasteiger charge is 2.38. The number of nitrogens with zero attached hydrogens (tertiary/aromatic N) is 4. The zero-order valence-electron chi connectivity index (χ0n) is 15.4. The number of nitrogens with one attached hydrogen (secondary N) is 1. The molecular weight excluding hydrogens is 395 g/mol. The van der Waals surface area contributed by atoms with Gasteiger partial charge in [-0.25, -0.2) is 0 Å². The van der Waals surface area contributed by atoms with Crippen molar-refractivity contribution in [3.8, 4) is 28.8 Å². The fourth-order valence-corrected chi connectivity index (χ4v) is 2.43. The molecule has 1 aromatic carbocycles. The maximum absolute atomic E-state index is 12.2. The molecule has 2 aromatic heterocycles. The minimum Gasteiger partial charge on any atom is -0.497 e. The first kappa shape index (κ1) is 20.2. The van der Waals surface area contributed by atoms with Gasteiger partial charge in [-0.1, -0.05) is 0 Å². The summed E-state index contributed by atoms with van der Waals surface area (Å²) in [7, 11) is 3.03. The standard InChI is InChI=1S/C17H16F3N5O4/c1-27-10-3-4-12(28-2)11(9-10)15-23-22-13-5-6-14(24-25(13)15)29-8-7-21-16(26)17(18,19)20/h3-6,9H,7-8H2,1-2H3,(H,21,26). The summed E-state index contributed by atoms with van der Waals surface area (Å²) in [6.45, 7) is -0.545. The van der Waals surface area contributed by atoms with E-state index in [9.17, 15) is 18.0 Å². The third-order valence-electron chi connectivity index (χ3n) is 3.78. The summed E-state index contributed by atoms with van der Waals surface area (Å²) < 4.78 is 53.8. The smallest absolute Gasteiger partial charge is 0.471 e. The summed E-state index contributed by atoms with van der Waals surface area (Å²) in [6, 6.07) is 8.21. The maximum atomic E-state index is 12.2. The van der Waals surface area contributed by atoms with Crippen LogP contribution in [0.25, 0.3) is 17.0 Å². The van der Waals surface area contributed by atoms with Gasteiger partial charge in [-0.3, -0.25) is 4.79 Å². The van der Waals surface area contributed by atoms with Gasteiger partial charge in [0.1, 0.15) is 18.1 Å². The number of amides is 1. The van der Waals surface area contributed by atoms with Crippen LogP contribution in [0.15, 0.2) is 30.3 Å². The summed E-state index contributed by atoms with van der Waals surface area (Å²) in [4.78, 5) is 10.8. The normalized spacial score (nSPS) is 11.3. The van der Waals surface area contributed by atoms with Crippen LogP contribution in [0.5, 0.6) is 17.4 Å². The molecule has 2 heterocycles. The highest BCUT2D eigenvalue weighted by Crippen LogP contribution is 2.32. The average Bonchev–Trinajstić information content (AvgIpc) is 3.12. The van der Waals surface area contributed by atoms with E-state index >= 15 is 0 Å². The number of ether oxygens (including phenoxy) is 3. The van der Waals surface area contributed by atoms with Crippen LogP contribution in [-0.4, -0.2) is 59.3 Å². The van der Waals surface area contributed by atoms with E-state index in [0.29, 0.717) is 28.5 Å². The lowest BCUT2D eigenvalue weighted by atomic mass is 10.2. The Morgan fingerprint density at radius 3 is 2.62 bits per heavy atom. The summed E-state index contributed by atoms with van der Waals surface area (Å²) in [5.41, 5.74) is 0.990. The quantitative estimate of drug-likeness (QED) is 0.593. The van der Waals surface area contributed by atoms with Gasteiger partial charge in [-0.2, -0.15) is 17.7 Å². The van der Waals surface area contributed by atoms with Crippen LogP contribution in [0.4, 0.5) is 13.2 Å². The lowest BCUT2D eigenvalue weighted by Gasteiger charge is -2.10. The van der Waals surface area contributed by atoms with E-state index in [4.69, 9.17) is 14.2 Å². The Morgan fingerprint density at radius 2 is 1.93 bits per heavy atom. The van der Waals surface area contributed by atoms with E-state index in [-0.39, 0.29) is 19.0 Å². The van der Waals surface area contributed by atoms with Crippen LogP contribution in [0.1, 0.15) is 0 Å². The van der Waals surface area contributed by atoms with Crippen LogP contribution in [-0.2, 0) is 4.79 Å². The molecule has 0 aliphatic rings. The van der Waals surface area contributed by atoms with Crippen LogP contribution in [0.2, 0.25) is 0 Å². The number of benzene rings is 1. The van der Waals surface area contributed by atoms with E-state index in [0.717, 1.165) is 0 Å². The zero-order valence-corrected chi connectivity index (χ0v) is 15.4. The Labute approximate surface area is 162 Å². The highest BCUT2D eigenvalue weighted by atomic mass is 19.4. The van der Waals surface area contributed by atoms with Crippen molar-refractivity contribution in [2.45, 2.75) is 6.18 Å². The Morgan fingerprint density at radius 1 is 1.14 bits per heavy atom. The second-order valence-electron chi connectivity index (χ2n) is 5.63. The van der Waals surface area contributed by atoms with Gasteiger partial charge < -0.3 is 19.5 Å². The molecule has 0 radical (unpaired) electrons. The van der Waals surface area contributed by atoms with Crippen molar-refractivity contribution in [2.24, 2.45) is 0 Å². The predicted octanol–water partition coefficient (Wildman–Crippen LogP) is 1.87. The van der Waals surface area contributed by atoms with E-state index in [1.807, 2.05) is 0 Å². The molecule has 0 saturated heterocycles. The predicted molar refractivity (Wildman–Crippen MR) is 93.9 cm³/mol. The van der Waals surface area contributed by atoms with Gasteiger partial charge in [0.2, 0.25) is 5.88 Å². The number of fused-ring (bicyclic) bond motifs is 1. The Hall–Kier alpha value is -3.57. The largest absolute Gasteiger partial charge is 0.497 e. The Kier molecular flexibility index (Phi) is 5.71. The third-order valence-corrected chi connectivity index (χ3v) is 3.78. The van der Waals surface area contributed by atoms with Crippen LogP contribution in [0.3, 0.4) is 0 Å². The summed E-state index contributed by atoms with van der Waals surface area (Å²) >= 11 is 0. The molecule has 1 N–H and O–H groups in total. The first-order valence-electron chi connectivity index (χ1n) is 8.26. The molecule has 0 atom stereocenters. The average molecular weight is 411 g/mol. The summed E-state index contributed by atoms with van der Waals surface area (Å²) in [6.07, 6.45) is -4.94. The third kappa shape index (κ3) is 4.47. The van der Waals surface area contributed by atoms with Crippen molar-refractivity contribution < 1.29 is 32.2 Å². The zero-order chi connectivity index (χ0) is 21.0. The first-order valence-corrected chi connectivity index (χ1v) is 8.26. The first-order chi connectivity index (χ1) is 13.8. The molecule has 12 heteroatoms. The number of alkyl halides is 3. The molecule has 1 amide bonds. The Bertz CT molecular complexity index is 1020. The number of aromatic nitrogens is 4. The van der Waals surface area contributed by atoms with Crippen molar-refractivity contribution in [3.05, 3.63) is 30.3 Å². The van der Waals surface area contributed by atoms with Crippen molar-refractivity contribution in [3.63, 3.8) is 0 Å². The van der Waals surface area contributed by atoms with Crippen LogP contribution in [0, 0.1) is 0 Å². The molecular formula is C17H16F3N5O4. The molecule has 154 valence electrons. The van der Waals surface area contributed by atoms with E-state index in [1.54, 1.807) is 29.6 Å². The molecule has 0 fully saturated rings. The topological polar surface area (TPSA) is 99.9 Å². The van der Waals surface area contributed by atoms with Crippen molar-refractivity contribution in [2.75, 3.05) is 27.4 Å². The van der Waals surface area contributed by atoms with Gasteiger partial charge in [0, 0.05) is 6.07 Å². The van der Waals surface area contributed by atoms with Gasteiger partial charge in [0.25, 0.3) is 0 Å². The number of hydrogen-bond acceptors (Lipinski definition) is 7. The number of carbonyl (C=O) groups excluding carboxylic acids is 1. The minimum atomic E-state index is -4.94. The van der Waals surface area contributed by atoms with E-state index in [1.165, 1.54) is 24.8 Å². The molecule has 29 heavy (non-hydrogen) atoms. The van der Waals surface area contributed by atoms with Gasteiger partial charge in [0.05, 0.1) is 26.3 Å². The van der Waals surface area contributed by atoms with Gasteiger partial charge in [-0.05, 0) is 24.3 Å². The number of halogens is 3. The van der Waals surface area contributed by atoms with E-state index in [2.05, 4.69) is 15.3 Å². The Balaban J connectivity index is 1.80. The maximum Gasteiger partial charge on any atom is 0.471 e. The van der Waals surface area contributed by atoms with Gasteiger partial charge >= 0.3 is 12.1 Å². The molecule has 9 nitrogen and oxygen atoms in total. The SMILES string of the molecule is COc1ccc(OC)c(-c2nnc3ccc(OCCNC(=O)C(F)(F)F)nn23)c1. The number of carbonyl (C=O) groups is 1.